The number of ether oxygens (including phenoxy) is 2. The van der Waals surface area contributed by atoms with Gasteiger partial charge in [-0.2, -0.15) is 0 Å². The first kappa shape index (κ1) is 32.7. The van der Waals surface area contributed by atoms with E-state index in [9.17, 15) is 4.79 Å². The van der Waals surface area contributed by atoms with Gasteiger partial charge in [0.1, 0.15) is 5.75 Å². The average molecular weight is 560 g/mol. The first-order valence-electron chi connectivity index (χ1n) is 15.7. The number of anilines is 2. The topological polar surface area (TPSA) is 111 Å². The van der Waals surface area contributed by atoms with Crippen molar-refractivity contribution in [2.75, 3.05) is 45.2 Å². The van der Waals surface area contributed by atoms with E-state index in [0.29, 0.717) is 28.5 Å². The van der Waals surface area contributed by atoms with Crippen molar-refractivity contribution in [3.63, 3.8) is 0 Å². The SMILES string of the molecule is CC.CO.COCC12CCC(C)CC1CCC1C3CCC(C(=O)CN(N)c4cc(OC)ccc4N)C3(C)CCC12. The van der Waals surface area contributed by atoms with E-state index in [4.69, 9.17) is 26.2 Å². The van der Waals surface area contributed by atoms with Crippen molar-refractivity contribution in [1.29, 1.82) is 0 Å². The van der Waals surface area contributed by atoms with Gasteiger partial charge in [0.05, 0.1) is 31.6 Å². The summed E-state index contributed by atoms with van der Waals surface area (Å²) in [5.74, 6) is 11.2. The van der Waals surface area contributed by atoms with Crippen molar-refractivity contribution < 1.29 is 19.4 Å². The van der Waals surface area contributed by atoms with E-state index in [1.165, 1.54) is 50.0 Å². The minimum atomic E-state index is 0.0715. The number of fused-ring (bicyclic) bond motifs is 5. The van der Waals surface area contributed by atoms with E-state index in [0.717, 1.165) is 50.2 Å². The lowest BCUT2D eigenvalue weighted by Gasteiger charge is -2.62. The Morgan fingerprint density at radius 3 is 2.45 bits per heavy atom. The van der Waals surface area contributed by atoms with Crippen molar-refractivity contribution in [2.45, 2.75) is 85.5 Å². The Hall–Kier alpha value is -1.83. The molecule has 5 N–H and O–H groups in total. The summed E-state index contributed by atoms with van der Waals surface area (Å²) in [5, 5.41) is 8.52. The third kappa shape index (κ3) is 5.89. The highest BCUT2D eigenvalue weighted by Crippen LogP contribution is 2.68. The van der Waals surface area contributed by atoms with Crippen LogP contribution in [0.15, 0.2) is 18.2 Å². The van der Waals surface area contributed by atoms with Crippen molar-refractivity contribution in [3.05, 3.63) is 18.2 Å². The molecule has 1 aromatic rings. The number of nitrogen functional groups attached to an aromatic ring is 1. The van der Waals surface area contributed by atoms with Crippen molar-refractivity contribution in [1.82, 2.24) is 0 Å². The monoisotopic (exact) mass is 559 g/mol. The molecule has 7 nitrogen and oxygen atoms in total. The summed E-state index contributed by atoms with van der Waals surface area (Å²) >= 11 is 0. The second-order valence-electron chi connectivity index (χ2n) is 12.9. The molecule has 228 valence electrons. The molecule has 7 heteroatoms. The molecule has 0 heterocycles. The fourth-order valence-electron chi connectivity index (χ4n) is 9.61. The van der Waals surface area contributed by atoms with E-state index in [1.807, 2.05) is 33.1 Å². The number of aliphatic hydroxyl groups excluding tert-OH is 1. The Labute approximate surface area is 243 Å². The predicted molar refractivity (Wildman–Crippen MR) is 164 cm³/mol. The summed E-state index contributed by atoms with van der Waals surface area (Å²) in [5.41, 5.74) is 7.81. The molecule has 0 bridgehead atoms. The third-order valence-corrected chi connectivity index (χ3v) is 11.3. The lowest BCUT2D eigenvalue weighted by molar-refractivity contribution is -0.154. The number of aliphatic hydroxyl groups is 1. The van der Waals surface area contributed by atoms with Crippen LogP contribution in [0.2, 0.25) is 0 Å². The maximum Gasteiger partial charge on any atom is 0.157 e. The van der Waals surface area contributed by atoms with Gasteiger partial charge in [0.15, 0.2) is 5.78 Å². The summed E-state index contributed by atoms with van der Waals surface area (Å²) in [7, 11) is 4.52. The maximum atomic E-state index is 13.7. The molecular formula is C33H57N3O4. The second-order valence-corrected chi connectivity index (χ2v) is 12.9. The average Bonchev–Trinajstić information content (AvgIpc) is 3.33. The Morgan fingerprint density at radius 1 is 1.05 bits per heavy atom. The molecule has 0 aliphatic heterocycles. The van der Waals surface area contributed by atoms with Crippen LogP contribution in [0.3, 0.4) is 0 Å². The number of hydrogen-bond donors (Lipinski definition) is 3. The molecule has 4 saturated carbocycles. The summed E-state index contributed by atoms with van der Waals surface area (Å²) in [4.78, 5) is 13.7. The smallest absolute Gasteiger partial charge is 0.157 e. The molecule has 1 aromatic carbocycles. The molecule has 4 aliphatic carbocycles. The van der Waals surface area contributed by atoms with E-state index in [1.54, 1.807) is 13.2 Å². The van der Waals surface area contributed by atoms with E-state index < -0.39 is 0 Å². The van der Waals surface area contributed by atoms with E-state index in [-0.39, 0.29) is 23.7 Å². The van der Waals surface area contributed by atoms with Gasteiger partial charge in [0.2, 0.25) is 0 Å². The van der Waals surface area contributed by atoms with Gasteiger partial charge in [0.25, 0.3) is 0 Å². The van der Waals surface area contributed by atoms with Crippen LogP contribution in [-0.4, -0.2) is 45.4 Å². The van der Waals surface area contributed by atoms with Crippen molar-refractivity contribution in [2.24, 2.45) is 52.2 Å². The number of nitrogens with two attached hydrogens (primary N) is 2. The lowest BCUT2D eigenvalue weighted by atomic mass is 9.44. The van der Waals surface area contributed by atoms with Gasteiger partial charge in [-0.3, -0.25) is 4.79 Å². The third-order valence-electron chi connectivity index (χ3n) is 11.3. The number of ketones is 1. The molecule has 0 amide bonds. The Bertz CT molecular complexity index is 973. The highest BCUT2D eigenvalue weighted by molar-refractivity contribution is 5.87. The van der Waals surface area contributed by atoms with Crippen LogP contribution < -0.4 is 21.3 Å². The molecule has 4 aliphatic rings. The zero-order valence-corrected chi connectivity index (χ0v) is 26.2. The number of hydrazine groups is 1. The summed E-state index contributed by atoms with van der Waals surface area (Å²) < 4.78 is 11.3. The summed E-state index contributed by atoms with van der Waals surface area (Å²) in [6.45, 7) is 9.96. The Kier molecular flexibility index (Phi) is 11.3. The Balaban J connectivity index is 0.00000106. The number of methoxy groups -OCH3 is 2. The minimum Gasteiger partial charge on any atom is -0.497 e. The zero-order valence-electron chi connectivity index (χ0n) is 26.2. The van der Waals surface area contributed by atoms with Crippen LogP contribution in [0.4, 0.5) is 11.4 Å². The number of hydrogen-bond acceptors (Lipinski definition) is 7. The standard InChI is InChI=1S/C30H47N3O3.C2H6.CH4O/c1-19-11-14-30(18-35-3)20(15-19)5-7-22-23-8-9-25(29(23,2)13-12-24(22)30)28(34)17-33(32)27-16-21(36-4)6-10-26(27)31;2*1-2/h6,10,16,19-20,22-25H,5,7-9,11-15,17-18,31-32H2,1-4H3;1-2H3;2H,1H3. The Morgan fingerprint density at radius 2 is 1.77 bits per heavy atom. The maximum absolute atomic E-state index is 13.7. The van der Waals surface area contributed by atoms with Gasteiger partial charge in [-0.1, -0.05) is 34.1 Å². The molecule has 5 rings (SSSR count). The highest BCUT2D eigenvalue weighted by atomic mass is 16.5. The molecule has 40 heavy (non-hydrogen) atoms. The molecular weight excluding hydrogens is 502 g/mol. The number of carbonyl (C=O) groups is 1. The van der Waals surface area contributed by atoms with Crippen LogP contribution >= 0.6 is 0 Å². The molecule has 0 radical (unpaired) electrons. The number of Topliss-reactive ketones (excluding diaryl/α,β-unsaturated/α-hetero) is 1. The molecule has 0 saturated heterocycles. The van der Waals surface area contributed by atoms with Gasteiger partial charge < -0.3 is 25.3 Å². The fourth-order valence-corrected chi connectivity index (χ4v) is 9.61. The number of benzene rings is 1. The van der Waals surface area contributed by atoms with Crippen LogP contribution in [0.1, 0.15) is 85.5 Å². The van der Waals surface area contributed by atoms with Crippen LogP contribution in [-0.2, 0) is 9.53 Å². The normalized spacial score (nSPS) is 35.9. The minimum absolute atomic E-state index is 0.0715. The van der Waals surface area contributed by atoms with Crippen molar-refractivity contribution in [3.8, 4) is 5.75 Å². The van der Waals surface area contributed by atoms with Gasteiger partial charge >= 0.3 is 0 Å². The molecule has 4 fully saturated rings. The largest absolute Gasteiger partial charge is 0.497 e. The number of nitrogens with zero attached hydrogens (tertiary/aromatic N) is 1. The molecule has 0 spiro atoms. The van der Waals surface area contributed by atoms with Crippen LogP contribution in [0.5, 0.6) is 5.75 Å². The first-order valence-corrected chi connectivity index (χ1v) is 15.7. The van der Waals surface area contributed by atoms with E-state index >= 15 is 0 Å². The fraction of sp³-hybridized carbons (Fsp3) is 0.788. The van der Waals surface area contributed by atoms with Gasteiger partial charge in [-0.25, -0.2) is 5.84 Å². The van der Waals surface area contributed by atoms with E-state index in [2.05, 4.69) is 13.8 Å². The van der Waals surface area contributed by atoms with Gasteiger partial charge in [-0.15, -0.1) is 0 Å². The van der Waals surface area contributed by atoms with Gasteiger partial charge in [0, 0.05) is 26.2 Å². The first-order chi connectivity index (χ1) is 19.2. The van der Waals surface area contributed by atoms with Crippen molar-refractivity contribution >= 4 is 17.2 Å². The molecule has 0 aromatic heterocycles. The lowest BCUT2D eigenvalue weighted by Crippen LogP contribution is -2.56. The predicted octanol–water partition coefficient (Wildman–Crippen LogP) is 6.08. The molecule has 8 unspecified atom stereocenters. The van der Waals surface area contributed by atoms with Crippen LogP contribution in [0.25, 0.3) is 0 Å². The second kappa shape index (κ2) is 13.9. The quantitative estimate of drug-likeness (QED) is 0.211. The molecule has 8 atom stereocenters. The zero-order chi connectivity index (χ0) is 29.7. The summed E-state index contributed by atoms with van der Waals surface area (Å²) in [6, 6.07) is 5.41. The van der Waals surface area contributed by atoms with Gasteiger partial charge in [-0.05, 0) is 104 Å². The summed E-state index contributed by atoms with van der Waals surface area (Å²) in [6.07, 6.45) is 11.3. The highest BCUT2D eigenvalue weighted by Gasteiger charge is 2.62. The number of rotatable bonds is 7. The van der Waals surface area contributed by atoms with Crippen LogP contribution in [0, 0.1) is 46.3 Å². The number of carbonyl (C=O) groups excluding carboxylic acids is 1.